The summed E-state index contributed by atoms with van der Waals surface area (Å²) in [6.07, 6.45) is 0. The number of benzene rings is 2. The van der Waals surface area contributed by atoms with Crippen molar-refractivity contribution >= 4 is 45.1 Å². The Balaban J connectivity index is 2.22. The van der Waals surface area contributed by atoms with Crippen molar-refractivity contribution in [3.8, 4) is 5.75 Å². The Hall–Kier alpha value is -1.30. The summed E-state index contributed by atoms with van der Waals surface area (Å²) in [6, 6.07) is 6.64. The van der Waals surface area contributed by atoms with Crippen LogP contribution in [0, 0.1) is 5.82 Å². The summed E-state index contributed by atoms with van der Waals surface area (Å²) >= 11 is 15.1. The number of aromatic carboxylic acids is 1. The molecule has 0 aliphatic carbocycles. The van der Waals surface area contributed by atoms with E-state index in [2.05, 4.69) is 15.9 Å². The van der Waals surface area contributed by atoms with Gasteiger partial charge in [-0.3, -0.25) is 0 Å². The van der Waals surface area contributed by atoms with Crippen molar-refractivity contribution in [2.45, 2.75) is 6.61 Å². The van der Waals surface area contributed by atoms with Crippen molar-refractivity contribution in [3.63, 3.8) is 0 Å². The smallest absolute Gasteiger partial charge is 0.335 e. The number of hydrogen-bond donors (Lipinski definition) is 1. The third-order valence-corrected chi connectivity index (χ3v) is 3.85. The molecule has 0 heterocycles. The molecule has 0 saturated heterocycles. The fourth-order valence-corrected chi connectivity index (χ4v) is 2.79. The van der Waals surface area contributed by atoms with Crippen LogP contribution >= 0.6 is 39.1 Å². The van der Waals surface area contributed by atoms with E-state index >= 15 is 0 Å². The van der Waals surface area contributed by atoms with E-state index in [-0.39, 0.29) is 22.2 Å². The molecule has 0 atom stereocenters. The van der Waals surface area contributed by atoms with Gasteiger partial charge in [0.2, 0.25) is 0 Å². The van der Waals surface area contributed by atoms with E-state index < -0.39 is 11.8 Å². The van der Waals surface area contributed by atoms with E-state index in [1.165, 1.54) is 30.3 Å². The van der Waals surface area contributed by atoms with E-state index in [1.807, 2.05) is 0 Å². The second-order valence-corrected chi connectivity index (χ2v) is 5.77. The Labute approximate surface area is 138 Å². The molecule has 21 heavy (non-hydrogen) atoms. The molecule has 0 aromatic heterocycles. The first kappa shape index (κ1) is 16.1. The third kappa shape index (κ3) is 3.87. The molecule has 2 rings (SSSR count). The van der Waals surface area contributed by atoms with Gasteiger partial charge >= 0.3 is 5.97 Å². The Morgan fingerprint density at radius 1 is 1.24 bits per heavy atom. The second-order valence-electron chi connectivity index (χ2n) is 4.10. The molecule has 0 fully saturated rings. The number of rotatable bonds is 4. The summed E-state index contributed by atoms with van der Waals surface area (Å²) in [4.78, 5) is 10.9. The number of hydrogen-bond acceptors (Lipinski definition) is 2. The largest absolute Gasteiger partial charge is 0.486 e. The van der Waals surface area contributed by atoms with E-state index in [0.29, 0.717) is 15.8 Å². The van der Waals surface area contributed by atoms with Gasteiger partial charge in [-0.05, 0) is 40.2 Å². The first-order valence-electron chi connectivity index (χ1n) is 5.67. The van der Waals surface area contributed by atoms with Crippen molar-refractivity contribution in [1.82, 2.24) is 0 Å². The molecule has 3 nitrogen and oxygen atoms in total. The van der Waals surface area contributed by atoms with Crippen LogP contribution < -0.4 is 4.74 Å². The average Bonchev–Trinajstić information content (AvgIpc) is 2.39. The van der Waals surface area contributed by atoms with E-state index in [1.54, 1.807) is 0 Å². The zero-order valence-electron chi connectivity index (χ0n) is 10.4. The summed E-state index contributed by atoms with van der Waals surface area (Å²) in [5.41, 5.74) is 0.627. The number of halogens is 4. The monoisotopic (exact) mass is 392 g/mol. The Kier molecular flexibility index (Phi) is 5.08. The zero-order valence-corrected chi connectivity index (χ0v) is 13.5. The van der Waals surface area contributed by atoms with Crippen LogP contribution in [0.25, 0.3) is 0 Å². The van der Waals surface area contributed by atoms with Gasteiger partial charge in [0, 0.05) is 5.56 Å². The van der Waals surface area contributed by atoms with Crippen LogP contribution in [0.2, 0.25) is 10.0 Å². The molecule has 2 aromatic rings. The Morgan fingerprint density at radius 3 is 2.52 bits per heavy atom. The molecule has 0 amide bonds. The molecule has 0 unspecified atom stereocenters. The summed E-state index contributed by atoms with van der Waals surface area (Å²) in [6.45, 7) is 0.0733. The molecule has 0 aliphatic heterocycles. The van der Waals surface area contributed by atoms with Crippen LogP contribution in [0.3, 0.4) is 0 Å². The number of carbonyl (C=O) groups is 1. The molecule has 0 saturated carbocycles. The van der Waals surface area contributed by atoms with Crippen LogP contribution in [-0.2, 0) is 6.61 Å². The SMILES string of the molecule is O=C(O)c1cc(Cl)c(OCc2ccc(F)cc2Cl)c(Br)c1. The summed E-state index contributed by atoms with van der Waals surface area (Å²) < 4.78 is 18.9. The second kappa shape index (κ2) is 6.64. The highest BCUT2D eigenvalue weighted by Crippen LogP contribution is 2.35. The molecule has 0 spiro atoms. The lowest BCUT2D eigenvalue weighted by molar-refractivity contribution is 0.0696. The number of carboxylic acids is 1. The Bertz CT molecular complexity index is 684. The molecule has 7 heteroatoms. The van der Waals surface area contributed by atoms with Gasteiger partial charge in [-0.15, -0.1) is 0 Å². The minimum Gasteiger partial charge on any atom is -0.486 e. The summed E-state index contributed by atoms with van der Waals surface area (Å²) in [5, 5.41) is 9.31. The maximum atomic E-state index is 12.9. The van der Waals surface area contributed by atoms with Gasteiger partial charge in [0.05, 0.1) is 20.1 Å². The molecule has 110 valence electrons. The highest BCUT2D eigenvalue weighted by atomic mass is 79.9. The standard InChI is InChI=1S/C14H8BrCl2FO3/c15-10-3-8(14(19)20)4-12(17)13(10)21-6-7-1-2-9(18)5-11(7)16/h1-5H,6H2,(H,19,20). The van der Waals surface area contributed by atoms with Crippen LogP contribution in [0.4, 0.5) is 4.39 Å². The molecule has 0 radical (unpaired) electrons. The van der Waals surface area contributed by atoms with Gasteiger partial charge < -0.3 is 9.84 Å². The molecule has 0 bridgehead atoms. The predicted molar refractivity (Wildman–Crippen MR) is 81.9 cm³/mol. The van der Waals surface area contributed by atoms with E-state index in [4.69, 9.17) is 33.0 Å². The fraction of sp³-hybridized carbons (Fsp3) is 0.0714. The minimum absolute atomic E-state index is 0.0408. The van der Waals surface area contributed by atoms with Crippen LogP contribution in [-0.4, -0.2) is 11.1 Å². The third-order valence-electron chi connectivity index (χ3n) is 2.63. The first-order chi connectivity index (χ1) is 9.88. The predicted octanol–water partition coefficient (Wildman–Crippen LogP) is 5.17. The fourth-order valence-electron chi connectivity index (χ4n) is 1.61. The number of carboxylic acid groups (broad SMARTS) is 1. The van der Waals surface area contributed by atoms with Gasteiger partial charge in [-0.2, -0.15) is 0 Å². The maximum absolute atomic E-state index is 12.9. The van der Waals surface area contributed by atoms with Gasteiger partial charge in [0.25, 0.3) is 0 Å². The van der Waals surface area contributed by atoms with Crippen molar-refractivity contribution < 1.29 is 19.0 Å². The van der Waals surface area contributed by atoms with Crippen molar-refractivity contribution in [2.24, 2.45) is 0 Å². The molecule has 0 aliphatic rings. The lowest BCUT2D eigenvalue weighted by atomic mass is 10.2. The number of ether oxygens (including phenoxy) is 1. The normalized spacial score (nSPS) is 10.5. The Morgan fingerprint density at radius 2 is 1.95 bits per heavy atom. The molecular formula is C14H8BrCl2FO3. The minimum atomic E-state index is -1.09. The topological polar surface area (TPSA) is 46.5 Å². The quantitative estimate of drug-likeness (QED) is 0.779. The van der Waals surface area contributed by atoms with Crippen LogP contribution in [0.5, 0.6) is 5.75 Å². The average molecular weight is 394 g/mol. The zero-order chi connectivity index (χ0) is 15.6. The maximum Gasteiger partial charge on any atom is 0.335 e. The van der Waals surface area contributed by atoms with Crippen molar-refractivity contribution in [1.29, 1.82) is 0 Å². The highest BCUT2D eigenvalue weighted by Gasteiger charge is 2.14. The van der Waals surface area contributed by atoms with Crippen molar-refractivity contribution in [3.05, 3.63) is 61.8 Å². The van der Waals surface area contributed by atoms with Gasteiger partial charge in [-0.25, -0.2) is 9.18 Å². The van der Waals surface area contributed by atoms with Crippen LogP contribution in [0.15, 0.2) is 34.8 Å². The molecule has 2 aromatic carbocycles. The van der Waals surface area contributed by atoms with E-state index in [9.17, 15) is 9.18 Å². The van der Waals surface area contributed by atoms with E-state index in [0.717, 1.165) is 0 Å². The van der Waals surface area contributed by atoms with Crippen LogP contribution in [0.1, 0.15) is 15.9 Å². The van der Waals surface area contributed by atoms with Crippen molar-refractivity contribution in [2.75, 3.05) is 0 Å². The summed E-state index contributed by atoms with van der Waals surface area (Å²) in [5.74, 6) is -1.23. The summed E-state index contributed by atoms with van der Waals surface area (Å²) in [7, 11) is 0. The first-order valence-corrected chi connectivity index (χ1v) is 7.22. The molecular weight excluding hydrogens is 386 g/mol. The highest BCUT2D eigenvalue weighted by molar-refractivity contribution is 9.10. The lowest BCUT2D eigenvalue weighted by Gasteiger charge is -2.12. The van der Waals surface area contributed by atoms with Gasteiger partial charge in [-0.1, -0.05) is 29.3 Å². The van der Waals surface area contributed by atoms with Gasteiger partial charge in [0.15, 0.2) is 5.75 Å². The van der Waals surface area contributed by atoms with Gasteiger partial charge in [0.1, 0.15) is 12.4 Å². The lowest BCUT2D eigenvalue weighted by Crippen LogP contribution is -2.01. The molecule has 1 N–H and O–H groups in total.